The van der Waals surface area contributed by atoms with E-state index in [-0.39, 0.29) is 11.9 Å². The predicted molar refractivity (Wildman–Crippen MR) is 83.1 cm³/mol. The number of carbonyl (C=O) groups excluding carboxylic acids is 1. The van der Waals surface area contributed by atoms with Gasteiger partial charge < -0.3 is 4.90 Å². The molecular weight excluding hydrogens is 290 g/mol. The molecule has 114 valence electrons. The first-order valence-corrected chi connectivity index (χ1v) is 8.45. The van der Waals surface area contributed by atoms with Gasteiger partial charge in [-0.15, -0.1) is 0 Å². The number of sulfonamides is 1. The summed E-state index contributed by atoms with van der Waals surface area (Å²) in [6, 6.07) is 5.37. The summed E-state index contributed by atoms with van der Waals surface area (Å²) >= 11 is 0. The molecule has 21 heavy (non-hydrogen) atoms. The van der Waals surface area contributed by atoms with Crippen LogP contribution in [0.4, 0.5) is 5.69 Å². The van der Waals surface area contributed by atoms with Crippen molar-refractivity contribution in [1.82, 2.24) is 4.90 Å². The van der Waals surface area contributed by atoms with Gasteiger partial charge in [-0.3, -0.25) is 14.5 Å². The van der Waals surface area contributed by atoms with Gasteiger partial charge in [0.15, 0.2) is 0 Å². The molecule has 1 amide bonds. The van der Waals surface area contributed by atoms with Gasteiger partial charge in [-0.05, 0) is 31.0 Å². The summed E-state index contributed by atoms with van der Waals surface area (Å²) in [5.74, 6) is -0.0761. The summed E-state index contributed by atoms with van der Waals surface area (Å²) in [7, 11) is -1.59. The number of rotatable bonds is 3. The van der Waals surface area contributed by atoms with E-state index in [1.807, 2.05) is 19.1 Å². The van der Waals surface area contributed by atoms with E-state index >= 15 is 0 Å². The Kier molecular flexibility index (Phi) is 4.04. The molecule has 1 atom stereocenters. The molecule has 7 heteroatoms. The van der Waals surface area contributed by atoms with Crippen molar-refractivity contribution < 1.29 is 13.2 Å². The number of hydrogen-bond donors (Lipinski definition) is 1. The average Bonchev–Trinajstić information content (AvgIpc) is 2.36. The number of aliphatic imine (C=N–C) groups is 1. The van der Waals surface area contributed by atoms with Gasteiger partial charge >= 0.3 is 0 Å². The maximum Gasteiger partial charge on any atom is 0.267 e. The minimum absolute atomic E-state index is 0.0761. The van der Waals surface area contributed by atoms with Gasteiger partial charge in [-0.2, -0.15) is 0 Å². The van der Waals surface area contributed by atoms with Gasteiger partial charge in [0.05, 0.1) is 23.7 Å². The van der Waals surface area contributed by atoms with E-state index in [0.29, 0.717) is 17.9 Å². The number of anilines is 1. The zero-order valence-electron chi connectivity index (χ0n) is 12.5. The Balaban J connectivity index is 2.38. The van der Waals surface area contributed by atoms with Crippen LogP contribution in [0.2, 0.25) is 0 Å². The average molecular weight is 309 g/mol. The van der Waals surface area contributed by atoms with E-state index in [0.717, 1.165) is 17.4 Å². The molecule has 1 heterocycles. The fourth-order valence-electron chi connectivity index (χ4n) is 2.28. The summed E-state index contributed by atoms with van der Waals surface area (Å²) in [5.41, 5.74) is 2.73. The predicted octanol–water partition coefficient (Wildman–Crippen LogP) is 1.34. The summed E-state index contributed by atoms with van der Waals surface area (Å²) in [6.45, 7) is 4.01. The Hall–Kier alpha value is -1.89. The summed E-state index contributed by atoms with van der Waals surface area (Å²) < 4.78 is 25.3. The highest BCUT2D eigenvalue weighted by Gasteiger charge is 2.25. The van der Waals surface area contributed by atoms with Crippen molar-refractivity contribution in [3.63, 3.8) is 0 Å². The third-order valence-corrected chi connectivity index (χ3v) is 3.98. The second-order valence-corrected chi connectivity index (χ2v) is 7.11. The summed E-state index contributed by atoms with van der Waals surface area (Å²) in [5, 5.41) is 0. The molecule has 0 saturated heterocycles. The molecule has 0 aromatic heterocycles. The van der Waals surface area contributed by atoms with Gasteiger partial charge in [0.25, 0.3) is 5.91 Å². The lowest BCUT2D eigenvalue weighted by atomic mass is 10.0. The Morgan fingerprint density at radius 3 is 2.57 bits per heavy atom. The number of benzene rings is 1. The zero-order valence-corrected chi connectivity index (χ0v) is 13.4. The molecule has 0 saturated carbocycles. The highest BCUT2D eigenvalue weighted by molar-refractivity contribution is 7.92. The summed E-state index contributed by atoms with van der Waals surface area (Å²) in [6.07, 6.45) is 1.12. The molecule has 0 bridgehead atoms. The van der Waals surface area contributed by atoms with E-state index in [4.69, 9.17) is 0 Å². The van der Waals surface area contributed by atoms with Gasteiger partial charge in [0, 0.05) is 13.6 Å². The van der Waals surface area contributed by atoms with Crippen molar-refractivity contribution in [2.75, 3.05) is 24.6 Å². The molecular formula is C14H19N3O3S. The topological polar surface area (TPSA) is 78.8 Å². The molecule has 1 aromatic carbocycles. The quantitative estimate of drug-likeness (QED) is 0.915. The van der Waals surface area contributed by atoms with Gasteiger partial charge in [-0.1, -0.05) is 12.1 Å². The normalized spacial score (nSPS) is 19.4. The Morgan fingerprint density at radius 1 is 1.33 bits per heavy atom. The molecule has 6 nitrogen and oxygen atoms in total. The van der Waals surface area contributed by atoms with E-state index in [1.54, 1.807) is 24.9 Å². The second-order valence-electron chi connectivity index (χ2n) is 5.36. The SMILES string of the molecule is CC1=NC(c2ccc(C)c(NS(C)(=O)=O)c2)CN(C)C1=O. The first kappa shape index (κ1) is 15.5. The Labute approximate surface area is 124 Å². The first-order valence-electron chi connectivity index (χ1n) is 6.55. The number of likely N-dealkylation sites (N-methyl/N-ethyl adjacent to an activating group) is 1. The lowest BCUT2D eigenvalue weighted by Crippen LogP contribution is -2.39. The molecule has 1 aliphatic heterocycles. The first-order chi connectivity index (χ1) is 9.67. The highest BCUT2D eigenvalue weighted by atomic mass is 32.2. The zero-order chi connectivity index (χ0) is 15.8. The minimum atomic E-state index is -3.33. The number of hydrogen-bond acceptors (Lipinski definition) is 4. The molecule has 1 N–H and O–H groups in total. The number of aryl methyl sites for hydroxylation is 1. The van der Waals surface area contributed by atoms with Gasteiger partial charge in [0.2, 0.25) is 10.0 Å². The van der Waals surface area contributed by atoms with Crippen molar-refractivity contribution in [2.24, 2.45) is 4.99 Å². The largest absolute Gasteiger partial charge is 0.338 e. The number of amides is 1. The van der Waals surface area contributed by atoms with Gasteiger partial charge in [0.1, 0.15) is 0 Å². The fraction of sp³-hybridized carbons (Fsp3) is 0.429. The molecule has 2 rings (SSSR count). The van der Waals surface area contributed by atoms with Crippen molar-refractivity contribution in [3.05, 3.63) is 29.3 Å². The second kappa shape index (κ2) is 5.48. The number of carbonyl (C=O) groups is 1. The van der Waals surface area contributed by atoms with Crippen LogP contribution in [-0.2, 0) is 14.8 Å². The van der Waals surface area contributed by atoms with Crippen LogP contribution < -0.4 is 4.72 Å². The monoisotopic (exact) mass is 309 g/mol. The van der Waals surface area contributed by atoms with Crippen molar-refractivity contribution in [1.29, 1.82) is 0 Å². The molecule has 0 aliphatic carbocycles. The fourth-order valence-corrected chi connectivity index (χ4v) is 2.90. The lowest BCUT2D eigenvalue weighted by Gasteiger charge is -2.27. The van der Waals surface area contributed by atoms with Crippen LogP contribution in [0.15, 0.2) is 23.2 Å². The van der Waals surface area contributed by atoms with Crippen molar-refractivity contribution >= 4 is 27.3 Å². The smallest absolute Gasteiger partial charge is 0.267 e. The molecule has 1 aromatic rings. The van der Waals surface area contributed by atoms with Crippen LogP contribution >= 0.6 is 0 Å². The summed E-state index contributed by atoms with van der Waals surface area (Å²) in [4.78, 5) is 17.7. The standard InChI is InChI=1S/C14H19N3O3S/c1-9-5-6-11(7-12(9)16-21(4,19)20)13-8-17(3)14(18)10(2)15-13/h5-7,13,16H,8H2,1-4H3. The minimum Gasteiger partial charge on any atom is -0.338 e. The van der Waals surface area contributed by atoms with Crippen LogP contribution in [0.1, 0.15) is 24.1 Å². The Bertz CT molecular complexity index is 710. The lowest BCUT2D eigenvalue weighted by molar-refractivity contribution is -0.123. The van der Waals surface area contributed by atoms with Crippen LogP contribution in [0.5, 0.6) is 0 Å². The van der Waals surface area contributed by atoms with Crippen LogP contribution in [0, 0.1) is 6.92 Å². The Morgan fingerprint density at radius 2 is 2.00 bits per heavy atom. The van der Waals surface area contributed by atoms with Crippen LogP contribution in [-0.4, -0.2) is 44.8 Å². The number of nitrogens with one attached hydrogen (secondary N) is 1. The van der Waals surface area contributed by atoms with E-state index in [1.165, 1.54) is 0 Å². The number of nitrogens with zero attached hydrogens (tertiary/aromatic N) is 2. The van der Waals surface area contributed by atoms with E-state index in [9.17, 15) is 13.2 Å². The van der Waals surface area contributed by atoms with Gasteiger partial charge in [-0.25, -0.2) is 8.42 Å². The molecule has 0 spiro atoms. The molecule has 1 aliphatic rings. The molecule has 0 radical (unpaired) electrons. The highest BCUT2D eigenvalue weighted by Crippen LogP contribution is 2.27. The van der Waals surface area contributed by atoms with E-state index in [2.05, 4.69) is 9.71 Å². The third kappa shape index (κ3) is 3.60. The van der Waals surface area contributed by atoms with Crippen LogP contribution in [0.25, 0.3) is 0 Å². The van der Waals surface area contributed by atoms with Crippen molar-refractivity contribution in [3.8, 4) is 0 Å². The third-order valence-electron chi connectivity index (χ3n) is 3.39. The van der Waals surface area contributed by atoms with Crippen molar-refractivity contribution in [2.45, 2.75) is 19.9 Å². The maximum absolute atomic E-state index is 11.7. The molecule has 1 unspecified atom stereocenters. The molecule has 0 fully saturated rings. The maximum atomic E-state index is 11.7. The van der Waals surface area contributed by atoms with Crippen LogP contribution in [0.3, 0.4) is 0 Å². The van der Waals surface area contributed by atoms with E-state index < -0.39 is 10.0 Å².